The number of amides is 1. The molecule has 4 nitrogen and oxygen atoms in total. The third kappa shape index (κ3) is 2.49. The van der Waals surface area contributed by atoms with Crippen LogP contribution in [0.4, 0.5) is 5.69 Å². The first-order valence-electron chi connectivity index (χ1n) is 6.31. The molecule has 2 aromatic heterocycles. The fourth-order valence-electron chi connectivity index (χ4n) is 2.02. The molecule has 4 heteroatoms. The average molecular weight is 263 g/mol. The van der Waals surface area contributed by atoms with E-state index >= 15 is 0 Å². The lowest BCUT2D eigenvalue weighted by molar-refractivity contribution is 0.102. The van der Waals surface area contributed by atoms with Gasteiger partial charge in [-0.3, -0.25) is 14.8 Å². The van der Waals surface area contributed by atoms with E-state index in [9.17, 15) is 4.79 Å². The summed E-state index contributed by atoms with van der Waals surface area (Å²) in [5.41, 5.74) is 3.01. The van der Waals surface area contributed by atoms with Crippen molar-refractivity contribution in [2.45, 2.75) is 6.92 Å². The molecule has 3 rings (SSSR count). The van der Waals surface area contributed by atoms with Crippen LogP contribution in [-0.4, -0.2) is 15.9 Å². The van der Waals surface area contributed by atoms with Crippen LogP contribution in [0, 0.1) is 6.92 Å². The van der Waals surface area contributed by atoms with Crippen molar-refractivity contribution in [1.82, 2.24) is 9.97 Å². The Morgan fingerprint density at radius 2 is 1.95 bits per heavy atom. The molecule has 0 spiro atoms. The van der Waals surface area contributed by atoms with Gasteiger partial charge in [-0.25, -0.2) is 0 Å². The van der Waals surface area contributed by atoms with E-state index in [-0.39, 0.29) is 5.91 Å². The third-order valence-corrected chi connectivity index (χ3v) is 3.01. The minimum absolute atomic E-state index is 0.172. The molecule has 0 saturated carbocycles. The van der Waals surface area contributed by atoms with Crippen LogP contribution in [0.3, 0.4) is 0 Å². The molecular weight excluding hydrogens is 250 g/mol. The fourth-order valence-corrected chi connectivity index (χ4v) is 2.02. The van der Waals surface area contributed by atoms with Crippen LogP contribution in [-0.2, 0) is 0 Å². The Bertz CT molecular complexity index is 783. The Kier molecular flexibility index (Phi) is 3.13. The maximum atomic E-state index is 12.2. The fraction of sp³-hybridized carbons (Fsp3) is 0.0625. The van der Waals surface area contributed by atoms with E-state index in [1.807, 2.05) is 43.3 Å². The number of rotatable bonds is 2. The number of carbonyl (C=O) groups is 1. The molecule has 1 aromatic carbocycles. The summed E-state index contributed by atoms with van der Waals surface area (Å²) >= 11 is 0. The second-order valence-electron chi connectivity index (χ2n) is 4.56. The number of hydrogen-bond donors (Lipinski definition) is 1. The molecule has 0 saturated heterocycles. The predicted octanol–water partition coefficient (Wildman–Crippen LogP) is 3.19. The summed E-state index contributed by atoms with van der Waals surface area (Å²) in [7, 11) is 0. The molecule has 0 bridgehead atoms. The van der Waals surface area contributed by atoms with Gasteiger partial charge in [0, 0.05) is 29.2 Å². The summed E-state index contributed by atoms with van der Waals surface area (Å²) in [6, 6.07) is 13.1. The molecular formula is C16H13N3O. The van der Waals surface area contributed by atoms with E-state index < -0.39 is 0 Å². The second-order valence-corrected chi connectivity index (χ2v) is 4.56. The van der Waals surface area contributed by atoms with E-state index in [0.717, 1.165) is 22.3 Å². The van der Waals surface area contributed by atoms with Gasteiger partial charge in [-0.05, 0) is 31.2 Å². The molecule has 0 fully saturated rings. The first kappa shape index (κ1) is 12.3. The molecule has 2 heterocycles. The predicted molar refractivity (Wildman–Crippen MR) is 78.7 cm³/mol. The molecule has 0 aliphatic carbocycles. The summed E-state index contributed by atoms with van der Waals surface area (Å²) < 4.78 is 0. The highest BCUT2D eigenvalue weighted by Gasteiger charge is 2.07. The maximum Gasteiger partial charge on any atom is 0.257 e. The highest BCUT2D eigenvalue weighted by molar-refractivity contribution is 6.05. The largest absolute Gasteiger partial charge is 0.322 e. The summed E-state index contributed by atoms with van der Waals surface area (Å²) in [5, 5.41) is 3.79. The Labute approximate surface area is 116 Å². The number of benzene rings is 1. The van der Waals surface area contributed by atoms with Crippen LogP contribution in [0.5, 0.6) is 0 Å². The lowest BCUT2D eigenvalue weighted by Gasteiger charge is -2.06. The zero-order valence-corrected chi connectivity index (χ0v) is 11.0. The lowest BCUT2D eigenvalue weighted by atomic mass is 10.1. The summed E-state index contributed by atoms with van der Waals surface area (Å²) in [4.78, 5) is 20.6. The van der Waals surface area contributed by atoms with Crippen LogP contribution in [0.2, 0.25) is 0 Å². The van der Waals surface area contributed by atoms with E-state index in [1.54, 1.807) is 18.5 Å². The van der Waals surface area contributed by atoms with Gasteiger partial charge in [-0.2, -0.15) is 0 Å². The molecule has 3 aromatic rings. The SMILES string of the molecule is Cc1cc(NC(=O)c2cnc3ccccc3c2)ccn1. The van der Waals surface area contributed by atoms with Crippen LogP contribution in [0.1, 0.15) is 16.1 Å². The van der Waals surface area contributed by atoms with Crippen LogP contribution < -0.4 is 5.32 Å². The van der Waals surface area contributed by atoms with E-state index in [0.29, 0.717) is 5.56 Å². The minimum Gasteiger partial charge on any atom is -0.322 e. The number of hydrogen-bond acceptors (Lipinski definition) is 3. The highest BCUT2D eigenvalue weighted by Crippen LogP contribution is 2.14. The number of aromatic nitrogens is 2. The van der Waals surface area contributed by atoms with E-state index in [1.165, 1.54) is 0 Å². The van der Waals surface area contributed by atoms with Gasteiger partial charge < -0.3 is 5.32 Å². The number of nitrogens with one attached hydrogen (secondary N) is 1. The minimum atomic E-state index is -0.172. The van der Waals surface area contributed by atoms with Gasteiger partial charge in [0.15, 0.2) is 0 Å². The molecule has 98 valence electrons. The zero-order valence-electron chi connectivity index (χ0n) is 11.0. The normalized spacial score (nSPS) is 10.4. The van der Waals surface area contributed by atoms with Gasteiger partial charge >= 0.3 is 0 Å². The summed E-state index contributed by atoms with van der Waals surface area (Å²) in [6.07, 6.45) is 3.26. The first-order chi connectivity index (χ1) is 9.72. The van der Waals surface area contributed by atoms with Crippen molar-refractivity contribution in [3.05, 3.63) is 66.1 Å². The van der Waals surface area contributed by atoms with Crippen molar-refractivity contribution in [3.63, 3.8) is 0 Å². The Balaban J connectivity index is 1.88. The van der Waals surface area contributed by atoms with Gasteiger partial charge in [0.25, 0.3) is 5.91 Å². The zero-order chi connectivity index (χ0) is 13.9. The monoisotopic (exact) mass is 263 g/mol. The summed E-state index contributed by atoms with van der Waals surface area (Å²) in [6.45, 7) is 1.88. The molecule has 1 N–H and O–H groups in total. The van der Waals surface area contributed by atoms with Gasteiger partial charge in [-0.1, -0.05) is 18.2 Å². The number of pyridine rings is 2. The number of nitrogens with zero attached hydrogens (tertiary/aromatic N) is 2. The van der Waals surface area contributed by atoms with E-state index in [4.69, 9.17) is 0 Å². The van der Waals surface area contributed by atoms with Crippen molar-refractivity contribution < 1.29 is 4.79 Å². The van der Waals surface area contributed by atoms with Gasteiger partial charge in [0.1, 0.15) is 0 Å². The smallest absolute Gasteiger partial charge is 0.257 e. The first-order valence-corrected chi connectivity index (χ1v) is 6.31. The standard InChI is InChI=1S/C16H13N3O/c1-11-8-14(6-7-17-11)19-16(20)13-9-12-4-2-3-5-15(12)18-10-13/h2-10H,1H3,(H,17,19,20). The van der Waals surface area contributed by atoms with Gasteiger partial charge in [0.05, 0.1) is 11.1 Å². The Hall–Kier alpha value is -2.75. The molecule has 20 heavy (non-hydrogen) atoms. The van der Waals surface area contributed by atoms with Crippen LogP contribution in [0.25, 0.3) is 10.9 Å². The Morgan fingerprint density at radius 1 is 1.10 bits per heavy atom. The number of anilines is 1. The molecule has 0 aliphatic rings. The van der Waals surface area contributed by atoms with Gasteiger partial charge in [0.2, 0.25) is 0 Å². The Morgan fingerprint density at radius 3 is 2.80 bits per heavy atom. The van der Waals surface area contributed by atoms with Crippen LogP contribution >= 0.6 is 0 Å². The van der Waals surface area contributed by atoms with Crippen molar-refractivity contribution in [2.75, 3.05) is 5.32 Å². The number of carbonyl (C=O) groups excluding carboxylic acids is 1. The lowest BCUT2D eigenvalue weighted by Crippen LogP contribution is -2.12. The number of para-hydroxylation sites is 1. The van der Waals surface area contributed by atoms with Crippen molar-refractivity contribution in [3.8, 4) is 0 Å². The molecule has 0 unspecified atom stereocenters. The molecule has 1 amide bonds. The highest BCUT2D eigenvalue weighted by atomic mass is 16.1. The topological polar surface area (TPSA) is 54.9 Å². The van der Waals surface area contributed by atoms with Crippen LogP contribution in [0.15, 0.2) is 54.9 Å². The van der Waals surface area contributed by atoms with Crippen molar-refractivity contribution >= 4 is 22.5 Å². The van der Waals surface area contributed by atoms with Crippen molar-refractivity contribution in [1.29, 1.82) is 0 Å². The molecule has 0 atom stereocenters. The van der Waals surface area contributed by atoms with Gasteiger partial charge in [-0.15, -0.1) is 0 Å². The number of fused-ring (bicyclic) bond motifs is 1. The quantitative estimate of drug-likeness (QED) is 0.772. The molecule has 0 aliphatic heterocycles. The third-order valence-electron chi connectivity index (χ3n) is 3.01. The number of aryl methyl sites for hydroxylation is 1. The average Bonchev–Trinajstić information content (AvgIpc) is 2.47. The summed E-state index contributed by atoms with van der Waals surface area (Å²) in [5.74, 6) is -0.172. The second kappa shape index (κ2) is 5.09. The maximum absolute atomic E-state index is 12.2. The molecule has 0 radical (unpaired) electrons. The van der Waals surface area contributed by atoms with E-state index in [2.05, 4.69) is 15.3 Å². The van der Waals surface area contributed by atoms with Crippen molar-refractivity contribution in [2.24, 2.45) is 0 Å².